The van der Waals surface area contributed by atoms with E-state index in [0.717, 1.165) is 10.7 Å². The van der Waals surface area contributed by atoms with Gasteiger partial charge in [0.05, 0.1) is 5.75 Å². The van der Waals surface area contributed by atoms with Gasteiger partial charge in [-0.3, -0.25) is 0 Å². The summed E-state index contributed by atoms with van der Waals surface area (Å²) in [6.45, 7) is 2.06. The molecule has 0 fully saturated rings. The molecule has 0 heterocycles. The van der Waals surface area contributed by atoms with Crippen molar-refractivity contribution < 1.29 is 13.2 Å². The molecule has 1 aromatic rings. The SMILES string of the molecule is CCCCN(C(N)=O)S(=O)(=O)Cc1ccccc1. The standard InChI is InChI=1S/C12H18N2O3S/c1-2-3-9-14(12(13)15)18(16,17)10-11-7-5-4-6-8-11/h4-8H,2-3,9-10H2,1H3,(H2,13,15). The normalized spacial score (nSPS) is 11.2. The van der Waals surface area contributed by atoms with Crippen molar-refractivity contribution in [2.45, 2.75) is 25.5 Å². The maximum absolute atomic E-state index is 12.1. The molecule has 0 bridgehead atoms. The van der Waals surface area contributed by atoms with Gasteiger partial charge in [0, 0.05) is 6.54 Å². The average molecular weight is 270 g/mol. The van der Waals surface area contributed by atoms with Crippen LogP contribution in [0.1, 0.15) is 25.3 Å². The minimum Gasteiger partial charge on any atom is -0.351 e. The van der Waals surface area contributed by atoms with E-state index in [9.17, 15) is 13.2 Å². The van der Waals surface area contributed by atoms with Gasteiger partial charge in [-0.1, -0.05) is 43.7 Å². The van der Waals surface area contributed by atoms with Gasteiger partial charge in [0.25, 0.3) is 0 Å². The van der Waals surface area contributed by atoms with Crippen molar-refractivity contribution >= 4 is 16.1 Å². The zero-order valence-corrected chi connectivity index (χ0v) is 11.2. The molecule has 18 heavy (non-hydrogen) atoms. The van der Waals surface area contributed by atoms with Crippen LogP contribution in [0.2, 0.25) is 0 Å². The summed E-state index contributed by atoms with van der Waals surface area (Å²) < 4.78 is 24.9. The number of sulfonamides is 1. The Morgan fingerprint density at radius 2 is 1.89 bits per heavy atom. The number of urea groups is 1. The van der Waals surface area contributed by atoms with E-state index in [1.165, 1.54) is 0 Å². The first-order valence-corrected chi connectivity index (χ1v) is 7.42. The first-order valence-electron chi connectivity index (χ1n) is 5.81. The highest BCUT2D eigenvalue weighted by Gasteiger charge is 2.25. The Kier molecular flexibility index (Phi) is 5.15. The van der Waals surface area contributed by atoms with Crippen LogP contribution in [0.5, 0.6) is 0 Å². The van der Waals surface area contributed by atoms with E-state index in [1.54, 1.807) is 30.3 Å². The summed E-state index contributed by atoms with van der Waals surface area (Å²) in [5, 5.41) is 0. The third kappa shape index (κ3) is 4.03. The van der Waals surface area contributed by atoms with Crippen molar-refractivity contribution in [2.75, 3.05) is 6.54 Å². The number of rotatable bonds is 6. The second-order valence-electron chi connectivity index (χ2n) is 4.01. The Bertz CT molecular complexity index is 485. The molecule has 0 saturated carbocycles. The minimum atomic E-state index is -3.69. The summed E-state index contributed by atoms with van der Waals surface area (Å²) in [7, 11) is -3.69. The second kappa shape index (κ2) is 6.39. The third-order valence-electron chi connectivity index (χ3n) is 2.49. The van der Waals surface area contributed by atoms with Gasteiger partial charge in [0.2, 0.25) is 10.0 Å². The number of carbonyl (C=O) groups excluding carboxylic acids is 1. The van der Waals surface area contributed by atoms with Crippen molar-refractivity contribution in [3.05, 3.63) is 35.9 Å². The predicted octanol–water partition coefficient (Wildman–Crippen LogP) is 1.70. The van der Waals surface area contributed by atoms with Gasteiger partial charge in [-0.2, -0.15) is 0 Å². The lowest BCUT2D eigenvalue weighted by Crippen LogP contribution is -2.41. The van der Waals surface area contributed by atoms with Crippen molar-refractivity contribution in [3.63, 3.8) is 0 Å². The Hall–Kier alpha value is -1.56. The van der Waals surface area contributed by atoms with E-state index in [0.29, 0.717) is 12.0 Å². The maximum Gasteiger partial charge on any atom is 0.328 e. The van der Waals surface area contributed by atoms with Crippen LogP contribution in [0.25, 0.3) is 0 Å². The molecule has 0 unspecified atom stereocenters. The fourth-order valence-electron chi connectivity index (χ4n) is 1.55. The number of benzene rings is 1. The summed E-state index contributed by atoms with van der Waals surface area (Å²) in [6.07, 6.45) is 1.40. The first-order chi connectivity index (χ1) is 8.47. The molecule has 5 nitrogen and oxygen atoms in total. The van der Waals surface area contributed by atoms with Gasteiger partial charge in [-0.15, -0.1) is 0 Å². The first kappa shape index (κ1) is 14.5. The molecule has 0 atom stereocenters. The van der Waals surface area contributed by atoms with Crippen LogP contribution in [0.15, 0.2) is 30.3 Å². The molecule has 0 aliphatic carbocycles. The van der Waals surface area contributed by atoms with Gasteiger partial charge in [-0.25, -0.2) is 17.5 Å². The Morgan fingerprint density at radius 3 is 2.39 bits per heavy atom. The molecule has 0 spiro atoms. The highest BCUT2D eigenvalue weighted by atomic mass is 32.2. The fourth-order valence-corrected chi connectivity index (χ4v) is 3.00. The van der Waals surface area contributed by atoms with E-state index < -0.39 is 16.1 Å². The summed E-state index contributed by atoms with van der Waals surface area (Å²) in [4.78, 5) is 11.2. The quantitative estimate of drug-likeness (QED) is 0.854. The van der Waals surface area contributed by atoms with Gasteiger partial charge in [-0.05, 0) is 12.0 Å². The maximum atomic E-state index is 12.1. The second-order valence-corrected chi connectivity index (χ2v) is 5.90. The third-order valence-corrected chi connectivity index (χ3v) is 4.22. The summed E-state index contributed by atoms with van der Waals surface area (Å²) in [5.74, 6) is -0.208. The molecule has 2 amide bonds. The molecular formula is C12H18N2O3S. The molecule has 0 aliphatic rings. The fraction of sp³-hybridized carbons (Fsp3) is 0.417. The Morgan fingerprint density at radius 1 is 1.28 bits per heavy atom. The lowest BCUT2D eigenvalue weighted by atomic mass is 10.2. The molecule has 0 aromatic heterocycles. The van der Waals surface area contributed by atoms with E-state index in [4.69, 9.17) is 5.73 Å². The number of unbranched alkanes of at least 4 members (excludes halogenated alkanes) is 1. The molecule has 0 radical (unpaired) electrons. The lowest BCUT2D eigenvalue weighted by molar-refractivity contribution is 0.231. The van der Waals surface area contributed by atoms with E-state index in [2.05, 4.69) is 0 Å². The van der Waals surface area contributed by atoms with Crippen LogP contribution >= 0.6 is 0 Å². The molecule has 1 rings (SSSR count). The van der Waals surface area contributed by atoms with Gasteiger partial charge in [0.15, 0.2) is 0 Å². The van der Waals surface area contributed by atoms with Crippen molar-refractivity contribution in [2.24, 2.45) is 5.73 Å². The van der Waals surface area contributed by atoms with E-state index in [-0.39, 0.29) is 12.3 Å². The number of nitrogens with two attached hydrogens (primary N) is 1. The average Bonchev–Trinajstić information content (AvgIpc) is 2.29. The van der Waals surface area contributed by atoms with Crippen molar-refractivity contribution in [1.82, 2.24) is 4.31 Å². The molecule has 0 saturated heterocycles. The predicted molar refractivity (Wildman–Crippen MR) is 70.3 cm³/mol. The number of primary amides is 1. The van der Waals surface area contributed by atoms with Crippen molar-refractivity contribution in [1.29, 1.82) is 0 Å². The Balaban J connectivity index is 2.85. The number of hydrogen-bond donors (Lipinski definition) is 1. The van der Waals surface area contributed by atoms with Gasteiger partial charge in [0.1, 0.15) is 0 Å². The molecule has 2 N–H and O–H groups in total. The molecule has 1 aromatic carbocycles. The van der Waals surface area contributed by atoms with E-state index >= 15 is 0 Å². The molecule has 6 heteroatoms. The molecule has 0 aliphatic heterocycles. The van der Waals surface area contributed by atoms with Gasteiger partial charge < -0.3 is 5.73 Å². The van der Waals surface area contributed by atoms with Crippen LogP contribution in [0, 0.1) is 0 Å². The molecule has 100 valence electrons. The van der Waals surface area contributed by atoms with Crippen LogP contribution in [-0.4, -0.2) is 25.3 Å². The number of nitrogens with zero attached hydrogens (tertiary/aromatic N) is 1. The van der Waals surface area contributed by atoms with Crippen LogP contribution in [-0.2, 0) is 15.8 Å². The minimum absolute atomic E-state index is 0.140. The highest BCUT2D eigenvalue weighted by Crippen LogP contribution is 2.11. The molecular weight excluding hydrogens is 252 g/mol. The zero-order valence-electron chi connectivity index (χ0n) is 10.4. The Labute approximate surface area is 108 Å². The number of hydrogen-bond acceptors (Lipinski definition) is 3. The summed E-state index contributed by atoms with van der Waals surface area (Å²) >= 11 is 0. The van der Waals surface area contributed by atoms with Crippen LogP contribution < -0.4 is 5.73 Å². The monoisotopic (exact) mass is 270 g/mol. The van der Waals surface area contributed by atoms with Crippen LogP contribution in [0.4, 0.5) is 4.79 Å². The van der Waals surface area contributed by atoms with Crippen molar-refractivity contribution in [3.8, 4) is 0 Å². The van der Waals surface area contributed by atoms with Crippen LogP contribution in [0.3, 0.4) is 0 Å². The summed E-state index contributed by atoms with van der Waals surface area (Å²) in [5.41, 5.74) is 5.76. The smallest absolute Gasteiger partial charge is 0.328 e. The highest BCUT2D eigenvalue weighted by molar-refractivity contribution is 7.88. The number of amides is 2. The van der Waals surface area contributed by atoms with E-state index in [1.807, 2.05) is 6.92 Å². The summed E-state index contributed by atoms with van der Waals surface area (Å²) in [6, 6.07) is 7.81. The topological polar surface area (TPSA) is 80.5 Å². The van der Waals surface area contributed by atoms with Gasteiger partial charge >= 0.3 is 6.03 Å². The zero-order chi connectivity index (χ0) is 13.6. The largest absolute Gasteiger partial charge is 0.351 e. The number of carbonyl (C=O) groups is 1. The lowest BCUT2D eigenvalue weighted by Gasteiger charge is -2.20.